The van der Waals surface area contributed by atoms with Gasteiger partial charge in [-0.15, -0.1) is 0 Å². The van der Waals surface area contributed by atoms with E-state index in [1.165, 1.54) is 17.4 Å². The minimum absolute atomic E-state index is 0.838. The Morgan fingerprint density at radius 2 is 1.54 bits per heavy atom. The molecule has 1 heterocycles. The first-order chi connectivity index (χ1) is 11.7. The average molecular weight is 323 g/mol. The maximum Gasteiger partial charge on any atom is 0.121 e. The lowest BCUT2D eigenvalue weighted by Gasteiger charge is -2.08. The van der Waals surface area contributed by atoms with Crippen LogP contribution in [0.4, 0.5) is 0 Å². The Balaban J connectivity index is 0.000000521. The molecule has 0 saturated carbocycles. The number of ether oxygens (including phenoxy) is 1. The molecule has 2 aromatic carbocycles. The molecule has 0 radical (unpaired) electrons. The normalized spacial score (nSPS) is 9.42. The number of benzene rings is 2. The number of methoxy groups -OCH3 is 1. The van der Waals surface area contributed by atoms with Crippen LogP contribution in [0.5, 0.6) is 5.75 Å². The van der Waals surface area contributed by atoms with E-state index in [4.69, 9.17) is 9.72 Å². The molecule has 128 valence electrons. The lowest BCUT2D eigenvalue weighted by Crippen LogP contribution is -1.90. The second kappa shape index (κ2) is 10.4. The third-order valence-corrected chi connectivity index (χ3v) is 3.29. The van der Waals surface area contributed by atoms with Crippen molar-refractivity contribution in [1.29, 1.82) is 0 Å². The van der Waals surface area contributed by atoms with Gasteiger partial charge < -0.3 is 4.74 Å². The molecule has 3 aromatic rings. The van der Waals surface area contributed by atoms with Crippen molar-refractivity contribution < 1.29 is 4.74 Å². The van der Waals surface area contributed by atoms with E-state index in [1.54, 1.807) is 7.11 Å². The van der Waals surface area contributed by atoms with E-state index in [9.17, 15) is 0 Å². The van der Waals surface area contributed by atoms with Crippen molar-refractivity contribution in [3.8, 4) is 17.0 Å². The summed E-state index contributed by atoms with van der Waals surface area (Å²) in [6, 6.07) is 18.4. The van der Waals surface area contributed by atoms with Crippen LogP contribution in [0, 0.1) is 6.92 Å². The van der Waals surface area contributed by atoms with Crippen molar-refractivity contribution in [2.45, 2.75) is 41.0 Å². The Bertz CT molecular complexity index is 736. The molecule has 0 amide bonds. The van der Waals surface area contributed by atoms with E-state index >= 15 is 0 Å². The molecule has 24 heavy (non-hydrogen) atoms. The van der Waals surface area contributed by atoms with E-state index in [0.29, 0.717) is 0 Å². The predicted molar refractivity (Wildman–Crippen MR) is 106 cm³/mol. The molecule has 0 bridgehead atoms. The topological polar surface area (TPSA) is 22.1 Å². The van der Waals surface area contributed by atoms with Crippen LogP contribution < -0.4 is 4.74 Å². The molecule has 0 aliphatic rings. The van der Waals surface area contributed by atoms with Gasteiger partial charge in [-0.1, -0.05) is 64.4 Å². The monoisotopic (exact) mass is 323 g/mol. The summed E-state index contributed by atoms with van der Waals surface area (Å²) in [6.45, 7) is 10.4. The number of fused-ring (bicyclic) bond motifs is 1. The molecule has 3 rings (SSSR count). The van der Waals surface area contributed by atoms with E-state index < -0.39 is 0 Å². The van der Waals surface area contributed by atoms with Crippen molar-refractivity contribution in [3.63, 3.8) is 0 Å². The first-order valence-electron chi connectivity index (χ1n) is 8.70. The number of aromatic nitrogens is 1. The molecule has 2 nitrogen and oxygen atoms in total. The first-order valence-corrected chi connectivity index (χ1v) is 8.70. The van der Waals surface area contributed by atoms with Crippen molar-refractivity contribution in [3.05, 3.63) is 60.2 Å². The van der Waals surface area contributed by atoms with Gasteiger partial charge in [-0.3, -0.25) is 0 Å². The van der Waals surface area contributed by atoms with Gasteiger partial charge in [-0.05, 0) is 30.7 Å². The summed E-state index contributed by atoms with van der Waals surface area (Å²) < 4.78 is 5.27. The Morgan fingerprint density at radius 1 is 0.917 bits per heavy atom. The summed E-state index contributed by atoms with van der Waals surface area (Å²) in [7, 11) is 1.68. The molecule has 1 aromatic heterocycles. The number of pyridine rings is 1. The molecule has 0 N–H and O–H groups in total. The summed E-state index contributed by atoms with van der Waals surface area (Å²) in [6.07, 6.45) is 1.25. The van der Waals surface area contributed by atoms with Gasteiger partial charge in [-0.25, -0.2) is 4.98 Å². The fourth-order valence-corrected chi connectivity index (χ4v) is 2.27. The van der Waals surface area contributed by atoms with Crippen LogP contribution in [0.1, 0.15) is 39.7 Å². The number of hydrogen-bond donors (Lipinski definition) is 0. The first kappa shape index (κ1) is 19.7. The van der Waals surface area contributed by atoms with Crippen LogP contribution in [0.25, 0.3) is 22.2 Å². The molecule has 0 atom stereocenters. The van der Waals surface area contributed by atoms with Crippen LogP contribution in [-0.4, -0.2) is 12.1 Å². The van der Waals surface area contributed by atoms with Gasteiger partial charge in [0.05, 0.1) is 18.3 Å². The summed E-state index contributed by atoms with van der Waals surface area (Å²) in [4.78, 5) is 4.73. The van der Waals surface area contributed by atoms with Gasteiger partial charge in [0.25, 0.3) is 0 Å². The zero-order valence-electron chi connectivity index (χ0n) is 15.8. The number of rotatable bonds is 2. The largest absolute Gasteiger partial charge is 0.497 e. The average Bonchev–Trinajstić information content (AvgIpc) is 2.64. The van der Waals surface area contributed by atoms with Crippen molar-refractivity contribution in [2.75, 3.05) is 7.11 Å². The molecule has 0 saturated heterocycles. The van der Waals surface area contributed by atoms with Crippen LogP contribution in [0.15, 0.2) is 54.6 Å². The summed E-state index contributed by atoms with van der Waals surface area (Å²) >= 11 is 0. The highest BCUT2D eigenvalue weighted by Gasteiger charge is 2.05. The fraction of sp³-hybridized carbons (Fsp3) is 0.318. The fourth-order valence-electron chi connectivity index (χ4n) is 2.27. The quantitative estimate of drug-likeness (QED) is 0.526. The van der Waals surface area contributed by atoms with Gasteiger partial charge >= 0.3 is 0 Å². The molecule has 0 aliphatic carbocycles. The van der Waals surface area contributed by atoms with Gasteiger partial charge in [0.2, 0.25) is 0 Å². The minimum Gasteiger partial charge on any atom is -0.497 e. The molecule has 2 heteroatoms. The van der Waals surface area contributed by atoms with E-state index in [0.717, 1.165) is 22.5 Å². The maximum absolute atomic E-state index is 5.27. The van der Waals surface area contributed by atoms with Crippen LogP contribution in [0.3, 0.4) is 0 Å². The van der Waals surface area contributed by atoms with E-state index in [1.807, 2.05) is 44.2 Å². The van der Waals surface area contributed by atoms with Crippen LogP contribution >= 0.6 is 0 Å². The SMILES string of the molecule is CC.CCC.COc1ccc2c(C)cc(-c3ccccc3)nc2c1. The van der Waals surface area contributed by atoms with Crippen molar-refractivity contribution in [1.82, 2.24) is 4.98 Å². The summed E-state index contributed by atoms with van der Waals surface area (Å²) in [5.41, 5.74) is 4.33. The molecular weight excluding hydrogens is 294 g/mol. The predicted octanol–water partition coefficient (Wildman–Crippen LogP) is 6.66. The number of hydrogen-bond acceptors (Lipinski definition) is 2. The maximum atomic E-state index is 5.27. The third-order valence-electron chi connectivity index (χ3n) is 3.29. The second-order valence-corrected chi connectivity index (χ2v) is 5.28. The zero-order valence-corrected chi connectivity index (χ0v) is 15.8. The minimum atomic E-state index is 0.838. The van der Waals surface area contributed by atoms with Gasteiger partial charge in [0.1, 0.15) is 5.75 Å². The Hall–Kier alpha value is -2.35. The highest BCUT2D eigenvalue weighted by atomic mass is 16.5. The Kier molecular flexibility index (Phi) is 8.56. The van der Waals surface area contributed by atoms with E-state index in [-0.39, 0.29) is 0 Å². The third kappa shape index (κ3) is 5.09. The Labute approximate surface area is 146 Å². The number of aryl methyl sites for hydroxylation is 1. The lowest BCUT2D eigenvalue weighted by molar-refractivity contribution is 0.415. The van der Waals surface area contributed by atoms with Crippen molar-refractivity contribution >= 4 is 10.9 Å². The molecule has 0 aliphatic heterocycles. The zero-order chi connectivity index (χ0) is 17.9. The standard InChI is InChI=1S/C17H15NO.C3H8.C2H6/c1-12-10-16(13-6-4-3-5-7-13)18-17-11-14(19-2)8-9-15(12)17;1-3-2;1-2/h3-11H,1-2H3;3H2,1-2H3;1-2H3. The van der Waals surface area contributed by atoms with Crippen molar-refractivity contribution in [2.24, 2.45) is 0 Å². The highest BCUT2D eigenvalue weighted by Crippen LogP contribution is 2.26. The lowest BCUT2D eigenvalue weighted by atomic mass is 10.1. The van der Waals surface area contributed by atoms with Gasteiger partial charge in [-0.2, -0.15) is 0 Å². The van der Waals surface area contributed by atoms with Crippen LogP contribution in [0.2, 0.25) is 0 Å². The molecule has 0 fully saturated rings. The van der Waals surface area contributed by atoms with Crippen LogP contribution in [-0.2, 0) is 0 Å². The molecular formula is C22H29NO. The van der Waals surface area contributed by atoms with Gasteiger partial charge in [0, 0.05) is 17.0 Å². The molecule has 0 spiro atoms. The van der Waals surface area contributed by atoms with E-state index in [2.05, 4.69) is 45.0 Å². The highest BCUT2D eigenvalue weighted by molar-refractivity contribution is 5.86. The summed E-state index contributed by atoms with van der Waals surface area (Å²) in [5.74, 6) is 0.838. The molecule has 0 unspecified atom stereocenters. The van der Waals surface area contributed by atoms with Gasteiger partial charge in [0.15, 0.2) is 0 Å². The second-order valence-electron chi connectivity index (χ2n) is 5.28. The number of nitrogens with zero attached hydrogens (tertiary/aromatic N) is 1. The smallest absolute Gasteiger partial charge is 0.121 e. The Morgan fingerprint density at radius 3 is 2.12 bits per heavy atom. The summed E-state index contributed by atoms with van der Waals surface area (Å²) in [5, 5.41) is 1.17.